The first-order chi connectivity index (χ1) is 15.0. The Hall–Kier alpha value is -2.81. The van der Waals surface area contributed by atoms with Crippen molar-refractivity contribution < 1.29 is 4.79 Å². The first kappa shape index (κ1) is 21.4. The maximum Gasteiger partial charge on any atom is 0.329 e. The number of nitrogens with zero attached hydrogens (tertiary/aromatic N) is 3. The van der Waals surface area contributed by atoms with Gasteiger partial charge in [-0.05, 0) is 51.5 Å². The van der Waals surface area contributed by atoms with Gasteiger partial charge in [-0.25, -0.2) is 14.8 Å². The van der Waals surface area contributed by atoms with E-state index in [0.717, 1.165) is 54.9 Å². The minimum atomic E-state index is -0.563. The lowest BCUT2D eigenvalue weighted by molar-refractivity contribution is 0.0954. The third-order valence-electron chi connectivity index (χ3n) is 5.43. The molecular formula is C22H27N5O3S. The summed E-state index contributed by atoms with van der Waals surface area (Å²) in [5.41, 5.74) is 1.38. The molecule has 0 aliphatic heterocycles. The van der Waals surface area contributed by atoms with E-state index < -0.39 is 11.2 Å². The Labute approximate surface area is 183 Å². The van der Waals surface area contributed by atoms with Crippen molar-refractivity contribution in [3.8, 4) is 0 Å². The van der Waals surface area contributed by atoms with Crippen LogP contribution >= 0.6 is 11.3 Å². The van der Waals surface area contributed by atoms with Gasteiger partial charge >= 0.3 is 5.69 Å². The van der Waals surface area contributed by atoms with Gasteiger partial charge < -0.3 is 5.32 Å². The molecule has 0 atom stereocenters. The lowest BCUT2D eigenvalue weighted by Crippen LogP contribution is -2.33. The minimum Gasteiger partial charge on any atom is -0.352 e. The van der Waals surface area contributed by atoms with Crippen LogP contribution in [0.2, 0.25) is 0 Å². The number of nitrogens with one attached hydrogen (secondary N) is 2. The van der Waals surface area contributed by atoms with E-state index in [2.05, 4.69) is 20.3 Å². The number of aromatic amines is 1. The number of pyridine rings is 1. The van der Waals surface area contributed by atoms with Crippen molar-refractivity contribution in [3.05, 3.63) is 54.2 Å². The molecule has 0 aromatic carbocycles. The molecule has 31 heavy (non-hydrogen) atoms. The Kier molecular flexibility index (Phi) is 6.31. The molecule has 1 aliphatic carbocycles. The second-order valence-electron chi connectivity index (χ2n) is 8.07. The average Bonchev–Trinajstić information content (AvgIpc) is 3.51. The van der Waals surface area contributed by atoms with Gasteiger partial charge in [0.05, 0.1) is 16.0 Å². The van der Waals surface area contributed by atoms with E-state index in [1.54, 1.807) is 17.4 Å². The van der Waals surface area contributed by atoms with Crippen LogP contribution in [-0.4, -0.2) is 32.0 Å². The highest BCUT2D eigenvalue weighted by Gasteiger charge is 2.28. The van der Waals surface area contributed by atoms with E-state index in [1.165, 1.54) is 4.57 Å². The number of amides is 1. The summed E-state index contributed by atoms with van der Waals surface area (Å²) in [4.78, 5) is 49.4. The van der Waals surface area contributed by atoms with Gasteiger partial charge in [-0.15, -0.1) is 11.3 Å². The molecule has 0 bridgehead atoms. The van der Waals surface area contributed by atoms with Crippen molar-refractivity contribution in [1.82, 2.24) is 24.8 Å². The number of carbonyl (C=O) groups excluding carboxylic acids is 1. The number of thiazole rings is 1. The second-order valence-corrected chi connectivity index (χ2v) is 9.02. The van der Waals surface area contributed by atoms with E-state index in [0.29, 0.717) is 30.2 Å². The van der Waals surface area contributed by atoms with Gasteiger partial charge in [-0.3, -0.25) is 19.1 Å². The number of unbranched alkanes of at least 4 members (excludes halogenated alkanes) is 1. The van der Waals surface area contributed by atoms with E-state index in [1.807, 2.05) is 19.2 Å². The summed E-state index contributed by atoms with van der Waals surface area (Å²) in [5.74, 6) is -0.00578. The third kappa shape index (κ3) is 4.76. The highest BCUT2D eigenvalue weighted by Crippen LogP contribution is 2.39. The first-order valence-corrected chi connectivity index (χ1v) is 11.7. The molecule has 3 aromatic rings. The Balaban J connectivity index is 1.55. The van der Waals surface area contributed by atoms with Crippen molar-refractivity contribution in [3.63, 3.8) is 0 Å². The maximum atomic E-state index is 13.0. The summed E-state index contributed by atoms with van der Waals surface area (Å²) in [6.07, 6.45) is 5.37. The fraction of sp³-hybridized carbons (Fsp3) is 0.500. The van der Waals surface area contributed by atoms with Crippen LogP contribution in [-0.2, 0) is 13.0 Å². The summed E-state index contributed by atoms with van der Waals surface area (Å²) in [6, 6.07) is 1.73. The van der Waals surface area contributed by atoms with Gasteiger partial charge in [0.25, 0.3) is 11.5 Å². The molecule has 1 saturated carbocycles. The number of aromatic nitrogens is 4. The van der Waals surface area contributed by atoms with E-state index >= 15 is 0 Å². The highest BCUT2D eigenvalue weighted by atomic mass is 32.1. The van der Waals surface area contributed by atoms with E-state index in [-0.39, 0.29) is 11.3 Å². The van der Waals surface area contributed by atoms with Gasteiger partial charge in [0.15, 0.2) is 5.65 Å². The number of rotatable bonds is 9. The Morgan fingerprint density at radius 1 is 1.29 bits per heavy atom. The molecule has 3 heterocycles. The fourth-order valence-corrected chi connectivity index (χ4v) is 4.53. The van der Waals surface area contributed by atoms with Crippen LogP contribution in [0, 0.1) is 6.92 Å². The molecular weight excluding hydrogens is 414 g/mol. The molecule has 1 fully saturated rings. The van der Waals surface area contributed by atoms with Crippen molar-refractivity contribution in [2.75, 3.05) is 6.54 Å². The molecule has 0 spiro atoms. The smallest absolute Gasteiger partial charge is 0.329 e. The number of carbonyl (C=O) groups is 1. The van der Waals surface area contributed by atoms with E-state index in [4.69, 9.17) is 0 Å². The topological polar surface area (TPSA) is 110 Å². The number of H-pyrrole nitrogens is 1. The van der Waals surface area contributed by atoms with Crippen molar-refractivity contribution in [2.24, 2.45) is 0 Å². The molecule has 0 radical (unpaired) electrons. The predicted molar refractivity (Wildman–Crippen MR) is 121 cm³/mol. The molecule has 1 amide bonds. The first-order valence-electron chi connectivity index (χ1n) is 10.8. The molecule has 4 rings (SSSR count). The van der Waals surface area contributed by atoms with Crippen LogP contribution in [0.4, 0.5) is 0 Å². The number of fused-ring (bicyclic) bond motifs is 1. The van der Waals surface area contributed by atoms with Crippen molar-refractivity contribution >= 4 is 28.3 Å². The molecule has 1 aliphatic rings. The van der Waals surface area contributed by atoms with Gasteiger partial charge in [0, 0.05) is 35.8 Å². The second kappa shape index (κ2) is 9.13. The third-order valence-corrected chi connectivity index (χ3v) is 6.45. The van der Waals surface area contributed by atoms with Crippen LogP contribution in [0.25, 0.3) is 11.0 Å². The largest absolute Gasteiger partial charge is 0.352 e. The van der Waals surface area contributed by atoms with Crippen LogP contribution in [0.5, 0.6) is 0 Å². The highest BCUT2D eigenvalue weighted by molar-refractivity contribution is 7.09. The van der Waals surface area contributed by atoms with Crippen LogP contribution in [0.3, 0.4) is 0 Å². The molecule has 0 saturated heterocycles. The summed E-state index contributed by atoms with van der Waals surface area (Å²) >= 11 is 1.66. The Morgan fingerprint density at radius 3 is 2.77 bits per heavy atom. The van der Waals surface area contributed by atoms with Crippen LogP contribution in [0.1, 0.15) is 71.7 Å². The van der Waals surface area contributed by atoms with Gasteiger partial charge in [-0.1, -0.05) is 6.92 Å². The van der Waals surface area contributed by atoms with Crippen molar-refractivity contribution in [2.45, 2.75) is 64.8 Å². The van der Waals surface area contributed by atoms with Crippen LogP contribution in [0.15, 0.2) is 21.0 Å². The van der Waals surface area contributed by atoms with Gasteiger partial charge in [0.2, 0.25) is 0 Å². The summed E-state index contributed by atoms with van der Waals surface area (Å²) in [7, 11) is 0. The fourth-order valence-electron chi connectivity index (χ4n) is 3.71. The summed E-state index contributed by atoms with van der Waals surface area (Å²) in [6.45, 7) is 4.88. The zero-order valence-electron chi connectivity index (χ0n) is 17.9. The maximum absolute atomic E-state index is 13.0. The lowest BCUT2D eigenvalue weighted by Gasteiger charge is -2.13. The van der Waals surface area contributed by atoms with Crippen molar-refractivity contribution in [1.29, 1.82) is 0 Å². The average molecular weight is 442 g/mol. The number of aryl methyl sites for hydroxylation is 3. The molecule has 164 valence electrons. The lowest BCUT2D eigenvalue weighted by atomic mass is 10.1. The molecule has 8 nitrogen and oxygen atoms in total. The number of hydrogen-bond donors (Lipinski definition) is 2. The quantitative estimate of drug-likeness (QED) is 0.496. The summed E-state index contributed by atoms with van der Waals surface area (Å²) in [5, 5.41) is 6.28. The standard InChI is InChI=1S/C22H27N5O3S/c1-3-10-27-19-18(21(29)26-22(27)30)15(11-16(25-19)14-7-8-14)20(28)23-9-5-4-6-17-24-13(2)12-31-17/h11-12,14H,3-10H2,1-2H3,(H,23,28)(H,26,29,30). The monoisotopic (exact) mass is 441 g/mol. The molecule has 2 N–H and O–H groups in total. The molecule has 0 unspecified atom stereocenters. The molecule has 3 aromatic heterocycles. The SMILES string of the molecule is CCCn1c(=O)[nH]c(=O)c2c(C(=O)NCCCCc3nc(C)cs3)cc(C3CC3)nc21. The Bertz CT molecular complexity index is 1220. The zero-order chi connectivity index (χ0) is 22.0. The molecule has 9 heteroatoms. The predicted octanol–water partition coefficient (Wildman–Crippen LogP) is 2.89. The Morgan fingerprint density at radius 2 is 2.10 bits per heavy atom. The van der Waals surface area contributed by atoms with Gasteiger partial charge in [-0.2, -0.15) is 0 Å². The van der Waals surface area contributed by atoms with E-state index in [9.17, 15) is 14.4 Å². The normalized spacial score (nSPS) is 13.6. The zero-order valence-corrected chi connectivity index (χ0v) is 18.7. The van der Waals surface area contributed by atoms with Gasteiger partial charge in [0.1, 0.15) is 0 Å². The minimum absolute atomic E-state index is 0.188. The van der Waals surface area contributed by atoms with Crippen LogP contribution < -0.4 is 16.6 Å². The number of hydrogen-bond acceptors (Lipinski definition) is 6. The summed E-state index contributed by atoms with van der Waals surface area (Å²) < 4.78 is 1.47.